The summed E-state index contributed by atoms with van der Waals surface area (Å²) in [6, 6.07) is 5.70. The van der Waals surface area contributed by atoms with E-state index in [0.717, 1.165) is 11.1 Å². The van der Waals surface area contributed by atoms with Crippen LogP contribution in [0.15, 0.2) is 29.1 Å². The molecule has 0 spiro atoms. The van der Waals surface area contributed by atoms with Crippen LogP contribution in [0.5, 0.6) is 17.2 Å². The Balaban J connectivity index is 1.57. The number of nitrogens with one attached hydrogen (secondary N) is 3. The summed E-state index contributed by atoms with van der Waals surface area (Å²) in [7, 11) is 4.64. The molecule has 1 saturated heterocycles. The molecule has 2 aliphatic rings. The quantitative estimate of drug-likeness (QED) is 0.224. The van der Waals surface area contributed by atoms with E-state index in [-0.39, 0.29) is 53.4 Å². The average Bonchev–Trinajstić information content (AvgIpc) is 3.28. The molecule has 292 valence electrons. The molecule has 0 unspecified atom stereocenters. The predicted octanol–water partition coefficient (Wildman–Crippen LogP) is 5.45. The fraction of sp³-hybridized carbons (Fsp3) is 0.600. The summed E-state index contributed by atoms with van der Waals surface area (Å²) < 4.78 is 34.8. The number of anilines is 1. The molecule has 13 nitrogen and oxygen atoms in total. The van der Waals surface area contributed by atoms with Gasteiger partial charge in [0.05, 0.1) is 51.7 Å². The third kappa shape index (κ3) is 10.6. The van der Waals surface area contributed by atoms with Crippen molar-refractivity contribution in [1.82, 2.24) is 10.6 Å². The first-order chi connectivity index (χ1) is 24.9. The zero-order chi connectivity index (χ0) is 39.2. The van der Waals surface area contributed by atoms with Crippen LogP contribution in [0, 0.1) is 5.92 Å². The summed E-state index contributed by atoms with van der Waals surface area (Å²) in [6.07, 6.45) is 1.53. The topological polar surface area (TPSA) is 160 Å². The number of carbonyl (C=O) groups is 3. The van der Waals surface area contributed by atoms with Gasteiger partial charge in [-0.15, -0.1) is 0 Å². The second-order valence-electron chi connectivity index (χ2n) is 15.4. The average molecular weight is 740 g/mol. The summed E-state index contributed by atoms with van der Waals surface area (Å²) in [5.41, 5.74) is 2.26. The minimum atomic E-state index is -0.909. The molecule has 1 heterocycles. The van der Waals surface area contributed by atoms with E-state index in [0.29, 0.717) is 60.6 Å². The number of hydrogen-bond acceptors (Lipinski definition) is 11. The van der Waals surface area contributed by atoms with Crippen LogP contribution in [0.3, 0.4) is 0 Å². The van der Waals surface area contributed by atoms with Gasteiger partial charge < -0.3 is 44.4 Å². The van der Waals surface area contributed by atoms with E-state index in [1.165, 1.54) is 20.1 Å². The van der Waals surface area contributed by atoms with Gasteiger partial charge in [-0.1, -0.05) is 19.9 Å². The molecular weight excluding hydrogens is 682 g/mol. The number of esters is 1. The lowest BCUT2D eigenvalue weighted by molar-refractivity contribution is -0.300. The molecule has 1 aliphatic heterocycles. The number of benzene rings is 1. The highest BCUT2D eigenvalue weighted by Gasteiger charge is 2.37. The van der Waals surface area contributed by atoms with Crippen molar-refractivity contribution in [2.45, 2.75) is 123 Å². The molecule has 1 aliphatic carbocycles. The lowest BCUT2D eigenvalue weighted by Gasteiger charge is -2.41. The van der Waals surface area contributed by atoms with Gasteiger partial charge in [-0.05, 0) is 94.7 Å². The Labute approximate surface area is 312 Å². The molecule has 2 aromatic rings. The molecule has 53 heavy (non-hydrogen) atoms. The van der Waals surface area contributed by atoms with Gasteiger partial charge in [0.25, 0.3) is 0 Å². The van der Waals surface area contributed by atoms with Crippen LogP contribution in [0.1, 0.15) is 98.2 Å². The SMILES string of the molecule is COc1cc2c(c(OC)c1OC)-c1ccc(N[C@H](C(=O)NCC[C@@H]3C[C@H](CC(=O)OC(C)(C)C)OC(C)(C)O3)C(C)C)c(=O)cc1[C@@H](NC(C)=O)CC2. The van der Waals surface area contributed by atoms with E-state index >= 15 is 0 Å². The van der Waals surface area contributed by atoms with Crippen molar-refractivity contribution in [3.8, 4) is 28.4 Å². The molecule has 0 saturated carbocycles. The van der Waals surface area contributed by atoms with E-state index in [9.17, 15) is 19.2 Å². The zero-order valence-corrected chi connectivity index (χ0v) is 33.0. The number of hydrogen-bond donors (Lipinski definition) is 3. The van der Waals surface area contributed by atoms with Crippen molar-refractivity contribution in [2.24, 2.45) is 5.92 Å². The number of methoxy groups -OCH3 is 3. The molecule has 4 atom stereocenters. The third-order valence-corrected chi connectivity index (χ3v) is 9.18. The van der Waals surface area contributed by atoms with E-state index in [4.69, 9.17) is 28.4 Å². The van der Waals surface area contributed by atoms with Gasteiger partial charge in [0.15, 0.2) is 17.3 Å². The fourth-order valence-electron chi connectivity index (χ4n) is 7.09. The largest absolute Gasteiger partial charge is 0.493 e. The highest BCUT2D eigenvalue weighted by molar-refractivity contribution is 5.86. The van der Waals surface area contributed by atoms with E-state index < -0.39 is 23.5 Å². The Hall–Kier alpha value is -4.36. The summed E-state index contributed by atoms with van der Waals surface area (Å²) in [5, 5.41) is 9.24. The van der Waals surface area contributed by atoms with Crippen LogP contribution in [-0.4, -0.2) is 75.3 Å². The van der Waals surface area contributed by atoms with Gasteiger partial charge in [-0.2, -0.15) is 0 Å². The van der Waals surface area contributed by atoms with E-state index in [2.05, 4.69) is 16.0 Å². The van der Waals surface area contributed by atoms with Crippen LogP contribution in [0.2, 0.25) is 0 Å². The molecule has 2 aromatic carbocycles. The van der Waals surface area contributed by atoms with Gasteiger partial charge in [-0.3, -0.25) is 19.2 Å². The monoisotopic (exact) mass is 739 g/mol. The lowest BCUT2D eigenvalue weighted by atomic mass is 9.95. The molecule has 3 N–H and O–H groups in total. The molecule has 1 fully saturated rings. The van der Waals surface area contributed by atoms with Crippen LogP contribution in [-0.2, 0) is 35.0 Å². The van der Waals surface area contributed by atoms with Gasteiger partial charge in [0, 0.05) is 25.5 Å². The maximum Gasteiger partial charge on any atom is 0.308 e. The van der Waals surface area contributed by atoms with Crippen molar-refractivity contribution in [2.75, 3.05) is 33.2 Å². The van der Waals surface area contributed by atoms with Crippen molar-refractivity contribution in [3.63, 3.8) is 0 Å². The summed E-state index contributed by atoms with van der Waals surface area (Å²) in [4.78, 5) is 52.4. The van der Waals surface area contributed by atoms with Crippen LogP contribution < -0.4 is 35.6 Å². The van der Waals surface area contributed by atoms with Crippen LogP contribution >= 0.6 is 0 Å². The third-order valence-electron chi connectivity index (χ3n) is 9.18. The Bertz CT molecular complexity index is 1720. The molecule has 0 aromatic heterocycles. The van der Waals surface area contributed by atoms with Gasteiger partial charge in [0.1, 0.15) is 11.6 Å². The van der Waals surface area contributed by atoms with Crippen molar-refractivity contribution >= 4 is 23.5 Å². The standard InChI is InChI=1S/C40H57N3O10/c1-22(2)35(38(47)41-17-16-25-19-26(52-40(7,8)51-25)20-33(46)53-39(4,5)6)43-30-15-13-27-28(21-31(30)45)29(42-23(3)44)14-12-24-18-32(48-9)36(49-10)37(50-11)34(24)27/h13,15,18,21-22,25-26,29,35H,12,14,16-17,19-20H2,1-11H3,(H,41,47)(H,42,44)(H,43,45)/t25-,26-,29+,35+/m1/s1. The highest BCUT2D eigenvalue weighted by Crippen LogP contribution is 2.50. The summed E-state index contributed by atoms with van der Waals surface area (Å²) >= 11 is 0. The lowest BCUT2D eigenvalue weighted by Crippen LogP contribution is -2.48. The van der Waals surface area contributed by atoms with Crippen LogP contribution in [0.25, 0.3) is 11.1 Å². The Morgan fingerprint density at radius 2 is 1.66 bits per heavy atom. The summed E-state index contributed by atoms with van der Waals surface area (Å²) in [6.45, 7) is 14.6. The van der Waals surface area contributed by atoms with Crippen molar-refractivity contribution in [1.29, 1.82) is 0 Å². The van der Waals surface area contributed by atoms with Crippen LogP contribution in [0.4, 0.5) is 5.69 Å². The van der Waals surface area contributed by atoms with Crippen molar-refractivity contribution < 1.29 is 42.8 Å². The van der Waals surface area contributed by atoms with Gasteiger partial charge >= 0.3 is 5.97 Å². The minimum absolute atomic E-state index is 0.105. The molecule has 0 radical (unpaired) electrons. The first-order valence-corrected chi connectivity index (χ1v) is 18.3. The second kappa shape index (κ2) is 17.2. The number of rotatable bonds is 13. The molecule has 13 heteroatoms. The number of carbonyl (C=O) groups excluding carboxylic acids is 3. The number of amides is 2. The Kier molecular flexibility index (Phi) is 13.4. The first kappa shape index (κ1) is 41.4. The predicted molar refractivity (Wildman–Crippen MR) is 201 cm³/mol. The first-order valence-electron chi connectivity index (χ1n) is 18.3. The van der Waals surface area contributed by atoms with E-state index in [1.807, 2.05) is 46.8 Å². The normalized spacial score (nSPS) is 19.8. The fourth-order valence-corrected chi connectivity index (χ4v) is 7.09. The summed E-state index contributed by atoms with van der Waals surface area (Å²) in [5.74, 6) is -0.557. The molecule has 4 rings (SSSR count). The minimum Gasteiger partial charge on any atom is -0.493 e. The maximum atomic E-state index is 13.9. The van der Waals surface area contributed by atoms with Gasteiger partial charge in [0.2, 0.25) is 23.0 Å². The Morgan fingerprint density at radius 1 is 0.981 bits per heavy atom. The molecule has 0 bridgehead atoms. The number of ether oxygens (including phenoxy) is 6. The maximum absolute atomic E-state index is 13.9. The highest BCUT2D eigenvalue weighted by atomic mass is 16.7. The van der Waals surface area contributed by atoms with Gasteiger partial charge in [-0.25, -0.2) is 0 Å². The Morgan fingerprint density at radius 3 is 2.26 bits per heavy atom. The molecular formula is C40H57N3O10. The van der Waals surface area contributed by atoms with Crippen molar-refractivity contribution in [3.05, 3.63) is 45.6 Å². The number of aryl methyl sites for hydroxylation is 1. The van der Waals surface area contributed by atoms with E-state index in [1.54, 1.807) is 34.1 Å². The smallest absolute Gasteiger partial charge is 0.308 e. The number of fused-ring (bicyclic) bond motifs is 3. The zero-order valence-electron chi connectivity index (χ0n) is 33.0. The molecule has 2 amide bonds. The second-order valence-corrected chi connectivity index (χ2v) is 15.4.